The van der Waals surface area contributed by atoms with E-state index < -0.39 is 17.4 Å². The topological polar surface area (TPSA) is 86.6 Å². The van der Waals surface area contributed by atoms with Gasteiger partial charge >= 0.3 is 11.9 Å². The Morgan fingerprint density at radius 2 is 1.44 bits per heavy atom. The van der Waals surface area contributed by atoms with Gasteiger partial charge in [0.15, 0.2) is 5.41 Å². The summed E-state index contributed by atoms with van der Waals surface area (Å²) in [5, 5.41) is 21.5. The van der Waals surface area contributed by atoms with Gasteiger partial charge in [-0.25, -0.2) is 0 Å². The highest BCUT2D eigenvalue weighted by molar-refractivity contribution is 5.99. The highest BCUT2D eigenvalue weighted by Crippen LogP contribution is 2.41. The number of unbranched alkanes of at least 4 members (excludes halogenated alkanes) is 6. The maximum absolute atomic E-state index is 11.2. The second-order valence-corrected chi connectivity index (χ2v) is 7.87. The molecule has 1 aromatic carbocycles. The Kier molecular flexibility index (Phi) is 8.29. The van der Waals surface area contributed by atoms with Gasteiger partial charge in [0.05, 0.1) is 0 Å². The van der Waals surface area contributed by atoms with Crippen molar-refractivity contribution in [3.63, 3.8) is 0 Å². The smallest absolute Gasteiger partial charge is 0.321 e. The number of carboxylic acid groups (broad SMARTS) is 2. The van der Waals surface area contributed by atoms with E-state index in [-0.39, 0.29) is 18.9 Å². The van der Waals surface area contributed by atoms with Gasteiger partial charge in [-0.1, -0.05) is 69.7 Å². The fourth-order valence-corrected chi connectivity index (χ4v) is 3.74. The summed E-state index contributed by atoms with van der Waals surface area (Å²) in [5.41, 5.74) is 0.895. The van der Waals surface area contributed by atoms with Crippen molar-refractivity contribution < 1.29 is 19.8 Å². The first kappa shape index (κ1) is 21.4. The van der Waals surface area contributed by atoms with Crippen LogP contribution in [-0.2, 0) is 22.6 Å². The predicted molar refractivity (Wildman–Crippen MR) is 106 cm³/mol. The molecule has 0 aromatic heterocycles. The van der Waals surface area contributed by atoms with Crippen molar-refractivity contribution in [2.45, 2.75) is 83.7 Å². The molecule has 0 aliphatic heterocycles. The summed E-state index contributed by atoms with van der Waals surface area (Å²) < 4.78 is 0. The van der Waals surface area contributed by atoms with Crippen LogP contribution in [0.15, 0.2) is 24.3 Å². The quantitative estimate of drug-likeness (QED) is 0.352. The molecule has 27 heavy (non-hydrogen) atoms. The van der Waals surface area contributed by atoms with E-state index in [2.05, 4.69) is 36.5 Å². The van der Waals surface area contributed by atoms with Gasteiger partial charge in [0.1, 0.15) is 0 Å². The SMILES string of the molecule is CCCCCCCCCc1ccc(CNC2CC(C(=O)O)(C(=O)O)C2)cc1. The number of aliphatic carboxylic acids is 2. The zero-order valence-electron chi connectivity index (χ0n) is 16.4. The van der Waals surface area contributed by atoms with Crippen LogP contribution in [0.4, 0.5) is 0 Å². The Morgan fingerprint density at radius 3 is 2.00 bits per heavy atom. The lowest BCUT2D eigenvalue weighted by Gasteiger charge is -2.41. The average Bonchev–Trinajstić information content (AvgIpc) is 2.60. The van der Waals surface area contributed by atoms with Crippen molar-refractivity contribution in [3.05, 3.63) is 35.4 Å². The lowest BCUT2D eigenvalue weighted by atomic mass is 9.65. The Morgan fingerprint density at radius 1 is 0.926 bits per heavy atom. The molecule has 1 saturated carbocycles. The zero-order chi connectivity index (χ0) is 19.7. The molecule has 0 saturated heterocycles. The first-order valence-corrected chi connectivity index (χ1v) is 10.3. The molecule has 0 unspecified atom stereocenters. The normalized spacial score (nSPS) is 16.0. The average molecular weight is 376 g/mol. The van der Waals surface area contributed by atoms with Crippen LogP contribution in [0, 0.1) is 5.41 Å². The summed E-state index contributed by atoms with van der Waals surface area (Å²) in [7, 11) is 0. The summed E-state index contributed by atoms with van der Waals surface area (Å²) in [6.45, 7) is 2.88. The van der Waals surface area contributed by atoms with Crippen LogP contribution in [-0.4, -0.2) is 28.2 Å². The Bertz CT molecular complexity index is 589. The lowest BCUT2D eigenvalue weighted by Crippen LogP contribution is -2.56. The van der Waals surface area contributed by atoms with Gasteiger partial charge in [0.2, 0.25) is 0 Å². The molecule has 0 amide bonds. The van der Waals surface area contributed by atoms with E-state index in [9.17, 15) is 9.59 Å². The first-order valence-electron chi connectivity index (χ1n) is 10.3. The first-order chi connectivity index (χ1) is 13.0. The number of hydrogen-bond acceptors (Lipinski definition) is 3. The number of benzene rings is 1. The van der Waals surface area contributed by atoms with Gasteiger partial charge < -0.3 is 15.5 Å². The maximum atomic E-state index is 11.2. The van der Waals surface area contributed by atoms with Crippen LogP contribution < -0.4 is 5.32 Å². The van der Waals surface area contributed by atoms with Crippen molar-refractivity contribution in [2.24, 2.45) is 5.41 Å². The Balaban J connectivity index is 1.64. The molecule has 0 bridgehead atoms. The van der Waals surface area contributed by atoms with Gasteiger partial charge in [-0.05, 0) is 36.8 Å². The molecule has 150 valence electrons. The molecule has 0 radical (unpaired) electrons. The summed E-state index contributed by atoms with van der Waals surface area (Å²) in [5.74, 6) is -2.47. The third kappa shape index (κ3) is 6.06. The van der Waals surface area contributed by atoms with Gasteiger partial charge in [-0.15, -0.1) is 0 Å². The van der Waals surface area contributed by atoms with Crippen molar-refractivity contribution in [1.82, 2.24) is 5.32 Å². The summed E-state index contributed by atoms with van der Waals surface area (Å²) in [6.07, 6.45) is 10.6. The van der Waals surface area contributed by atoms with E-state index in [0.717, 1.165) is 12.0 Å². The highest BCUT2D eigenvalue weighted by Gasteiger charge is 2.56. The molecule has 0 spiro atoms. The van der Waals surface area contributed by atoms with Crippen LogP contribution in [0.3, 0.4) is 0 Å². The molecular formula is C22H33NO4. The highest BCUT2D eigenvalue weighted by atomic mass is 16.4. The lowest BCUT2D eigenvalue weighted by molar-refractivity contribution is -0.173. The minimum Gasteiger partial charge on any atom is -0.480 e. The predicted octanol–water partition coefficient (Wildman–Crippen LogP) is 4.39. The van der Waals surface area contributed by atoms with E-state index in [1.54, 1.807) is 0 Å². The minimum atomic E-state index is -1.60. The molecule has 0 atom stereocenters. The molecule has 0 heterocycles. The third-order valence-electron chi connectivity index (χ3n) is 5.70. The van der Waals surface area contributed by atoms with Crippen LogP contribution in [0.5, 0.6) is 0 Å². The van der Waals surface area contributed by atoms with Crippen molar-refractivity contribution in [3.8, 4) is 0 Å². The molecule has 3 N–H and O–H groups in total. The number of aryl methyl sites for hydroxylation is 1. The van der Waals surface area contributed by atoms with E-state index in [1.165, 1.54) is 50.5 Å². The van der Waals surface area contributed by atoms with Gasteiger partial charge in [0, 0.05) is 12.6 Å². The fourth-order valence-electron chi connectivity index (χ4n) is 3.74. The second kappa shape index (κ2) is 10.5. The monoisotopic (exact) mass is 375 g/mol. The van der Waals surface area contributed by atoms with Crippen molar-refractivity contribution in [1.29, 1.82) is 0 Å². The minimum absolute atomic E-state index is 0.0513. The van der Waals surface area contributed by atoms with Gasteiger partial charge in [0.25, 0.3) is 0 Å². The fraction of sp³-hybridized carbons (Fsp3) is 0.636. The number of hydrogen-bond donors (Lipinski definition) is 3. The number of carbonyl (C=O) groups is 2. The third-order valence-corrected chi connectivity index (χ3v) is 5.70. The largest absolute Gasteiger partial charge is 0.480 e. The molecule has 2 rings (SSSR count). The molecule has 1 aliphatic carbocycles. The van der Waals surface area contributed by atoms with E-state index in [1.807, 2.05) is 0 Å². The van der Waals surface area contributed by atoms with Crippen LogP contribution in [0.1, 0.15) is 75.8 Å². The van der Waals surface area contributed by atoms with Crippen LogP contribution in [0.25, 0.3) is 0 Å². The van der Waals surface area contributed by atoms with Crippen molar-refractivity contribution >= 4 is 11.9 Å². The van der Waals surface area contributed by atoms with Crippen LogP contribution >= 0.6 is 0 Å². The number of rotatable bonds is 13. The van der Waals surface area contributed by atoms with Gasteiger partial charge in [-0.3, -0.25) is 9.59 Å². The van der Waals surface area contributed by atoms with E-state index >= 15 is 0 Å². The maximum Gasteiger partial charge on any atom is 0.321 e. The Labute approximate surface area is 162 Å². The van der Waals surface area contributed by atoms with E-state index in [4.69, 9.17) is 10.2 Å². The second-order valence-electron chi connectivity index (χ2n) is 7.87. The Hall–Kier alpha value is -1.88. The van der Waals surface area contributed by atoms with Crippen molar-refractivity contribution in [2.75, 3.05) is 0 Å². The summed E-state index contributed by atoms with van der Waals surface area (Å²) in [6, 6.07) is 8.47. The zero-order valence-corrected chi connectivity index (χ0v) is 16.4. The number of nitrogens with one attached hydrogen (secondary N) is 1. The molecule has 1 fully saturated rings. The molecule has 1 aromatic rings. The summed E-state index contributed by atoms with van der Waals surface area (Å²) >= 11 is 0. The number of carboxylic acids is 2. The van der Waals surface area contributed by atoms with E-state index in [0.29, 0.717) is 6.54 Å². The standard InChI is InChI=1S/C22H33NO4/c1-2-3-4-5-6-7-8-9-17-10-12-18(13-11-17)16-23-19-14-22(15-19,20(24)25)21(26)27/h10-13,19,23H,2-9,14-16H2,1H3,(H,24,25)(H,26,27). The summed E-state index contributed by atoms with van der Waals surface area (Å²) in [4.78, 5) is 22.3. The van der Waals surface area contributed by atoms with Gasteiger partial charge in [-0.2, -0.15) is 0 Å². The molecule has 1 aliphatic rings. The molecule has 5 nitrogen and oxygen atoms in total. The molecular weight excluding hydrogens is 342 g/mol. The molecule has 5 heteroatoms. The van der Waals surface area contributed by atoms with Crippen LogP contribution in [0.2, 0.25) is 0 Å².